The third-order valence-corrected chi connectivity index (χ3v) is 3.41. The number of nitroso groups, excluding NO2 is 1. The van der Waals surface area contributed by atoms with E-state index in [4.69, 9.17) is 46.4 Å². The Morgan fingerprint density at radius 1 is 1.24 bits per heavy atom. The van der Waals surface area contributed by atoms with Crippen molar-refractivity contribution in [2.75, 3.05) is 0 Å². The van der Waals surface area contributed by atoms with E-state index in [1.165, 1.54) is 6.07 Å². The minimum absolute atomic E-state index is 0.182. The van der Waals surface area contributed by atoms with Crippen molar-refractivity contribution in [2.24, 2.45) is 0 Å². The predicted octanol–water partition coefficient (Wildman–Crippen LogP) is 4.31. The zero-order valence-electron chi connectivity index (χ0n) is 8.20. The Labute approximate surface area is 117 Å². The van der Waals surface area contributed by atoms with E-state index in [9.17, 15) is 10.0 Å². The van der Waals surface area contributed by atoms with Crippen LogP contribution in [0, 0.1) is 4.91 Å². The van der Waals surface area contributed by atoms with Crippen molar-refractivity contribution in [3.8, 4) is 0 Å². The molecule has 0 spiro atoms. The Morgan fingerprint density at radius 2 is 1.82 bits per heavy atom. The van der Waals surface area contributed by atoms with Gasteiger partial charge < -0.3 is 5.11 Å². The van der Waals surface area contributed by atoms with E-state index in [0.717, 1.165) is 0 Å². The standard InChI is InChI=1S/C10H5Cl4NO2/c11-7-8(16)5-3-1-2-4-6(5)15(17)9(7)10(12,13)14/h1-4,9H/p+1. The second-order valence-corrected chi connectivity index (χ2v) is 6.26. The number of para-hydroxylation sites is 1. The van der Waals surface area contributed by atoms with Crippen LogP contribution < -0.4 is 0 Å². The van der Waals surface area contributed by atoms with E-state index in [1.807, 2.05) is 0 Å². The lowest BCUT2D eigenvalue weighted by Crippen LogP contribution is -2.37. The number of hydrogen-bond acceptors (Lipinski definition) is 2. The fourth-order valence-electron chi connectivity index (χ4n) is 1.64. The summed E-state index contributed by atoms with van der Waals surface area (Å²) < 4.78 is -1.44. The van der Waals surface area contributed by atoms with Crippen LogP contribution in [0.3, 0.4) is 0 Å². The smallest absolute Gasteiger partial charge is 0.293 e. The molecule has 0 amide bonds. The van der Waals surface area contributed by atoms with Crippen LogP contribution in [0.1, 0.15) is 5.56 Å². The highest BCUT2D eigenvalue weighted by Crippen LogP contribution is 2.45. The van der Waals surface area contributed by atoms with Crippen LogP contribution in [0.15, 0.2) is 29.3 Å². The highest BCUT2D eigenvalue weighted by atomic mass is 35.6. The Balaban J connectivity index is 2.67. The molecular formula is C10H6Cl4NO2+. The van der Waals surface area contributed by atoms with Gasteiger partial charge in [0.2, 0.25) is 0 Å². The SMILES string of the molecule is O=[N+]1c2ccccc2C(O)=C(Cl)C1C(Cl)(Cl)Cl. The molecular weight excluding hydrogens is 308 g/mol. The van der Waals surface area contributed by atoms with Crippen molar-refractivity contribution in [3.05, 3.63) is 39.8 Å². The molecule has 7 heteroatoms. The van der Waals surface area contributed by atoms with Crippen molar-refractivity contribution in [1.82, 2.24) is 0 Å². The van der Waals surface area contributed by atoms with Crippen molar-refractivity contribution in [3.63, 3.8) is 0 Å². The number of halogens is 4. The van der Waals surface area contributed by atoms with Gasteiger partial charge in [-0.25, -0.2) is 0 Å². The zero-order valence-corrected chi connectivity index (χ0v) is 11.2. The zero-order chi connectivity index (χ0) is 12.8. The van der Waals surface area contributed by atoms with Gasteiger partial charge in [0.15, 0.2) is 5.76 Å². The van der Waals surface area contributed by atoms with Crippen LogP contribution in [0.5, 0.6) is 0 Å². The van der Waals surface area contributed by atoms with Crippen LogP contribution in [0.4, 0.5) is 5.69 Å². The van der Waals surface area contributed by atoms with Gasteiger partial charge in [-0.05, 0) is 6.07 Å². The van der Waals surface area contributed by atoms with Crippen LogP contribution in [-0.4, -0.2) is 19.7 Å². The van der Waals surface area contributed by atoms with Crippen LogP contribution in [-0.2, 0) is 0 Å². The molecule has 2 rings (SSSR count). The molecule has 0 aliphatic carbocycles. The summed E-state index contributed by atoms with van der Waals surface area (Å²) in [5.74, 6) is -0.245. The fraction of sp³-hybridized carbons (Fsp3) is 0.200. The second kappa shape index (κ2) is 4.32. The average molecular weight is 314 g/mol. The summed E-state index contributed by atoms with van der Waals surface area (Å²) in [6.07, 6.45) is 0. The minimum atomic E-state index is -1.93. The molecule has 1 N–H and O–H groups in total. The van der Waals surface area contributed by atoms with Crippen LogP contribution in [0.25, 0.3) is 5.76 Å². The Morgan fingerprint density at radius 3 is 2.41 bits per heavy atom. The number of aliphatic hydroxyl groups is 1. The third kappa shape index (κ3) is 2.13. The second-order valence-electron chi connectivity index (χ2n) is 3.48. The summed E-state index contributed by atoms with van der Waals surface area (Å²) in [7, 11) is 0. The van der Waals surface area contributed by atoms with E-state index in [1.54, 1.807) is 18.2 Å². The van der Waals surface area contributed by atoms with E-state index in [0.29, 0.717) is 10.3 Å². The molecule has 3 nitrogen and oxygen atoms in total. The van der Waals surface area contributed by atoms with Gasteiger partial charge in [-0.3, -0.25) is 0 Å². The van der Waals surface area contributed by atoms with Crippen molar-refractivity contribution in [2.45, 2.75) is 9.83 Å². The molecule has 1 aromatic rings. The molecule has 90 valence electrons. The number of aliphatic hydroxyl groups excluding tert-OH is 1. The first kappa shape index (κ1) is 13.0. The maximum absolute atomic E-state index is 12.1. The summed E-state index contributed by atoms with van der Waals surface area (Å²) >= 11 is 23.0. The van der Waals surface area contributed by atoms with Gasteiger partial charge in [-0.2, -0.15) is 0 Å². The fourth-order valence-corrected chi connectivity index (χ4v) is 2.76. The Hall–Kier alpha value is -0.480. The topological polar surface area (TPSA) is 40.3 Å². The van der Waals surface area contributed by atoms with E-state index >= 15 is 0 Å². The van der Waals surface area contributed by atoms with Crippen molar-refractivity contribution < 1.29 is 9.87 Å². The Kier molecular flexibility index (Phi) is 3.29. The number of nitrogens with zero attached hydrogens (tertiary/aromatic N) is 1. The quantitative estimate of drug-likeness (QED) is 0.572. The molecule has 17 heavy (non-hydrogen) atoms. The molecule has 0 fully saturated rings. The first-order valence-corrected chi connectivity index (χ1v) is 6.06. The molecule has 1 aliphatic rings. The normalized spacial score (nSPS) is 20.5. The minimum Gasteiger partial charge on any atom is -0.506 e. The first-order chi connectivity index (χ1) is 7.84. The van der Waals surface area contributed by atoms with Gasteiger partial charge in [0.1, 0.15) is 5.03 Å². The van der Waals surface area contributed by atoms with Gasteiger partial charge in [0, 0.05) is 11.0 Å². The monoisotopic (exact) mass is 312 g/mol. The molecule has 0 saturated heterocycles. The van der Waals surface area contributed by atoms with E-state index in [-0.39, 0.29) is 16.5 Å². The predicted molar refractivity (Wildman–Crippen MR) is 69.2 cm³/mol. The molecule has 1 aliphatic heterocycles. The molecule has 0 bridgehead atoms. The molecule has 0 aromatic heterocycles. The summed E-state index contributed by atoms with van der Waals surface area (Å²) in [5.41, 5.74) is 0.531. The maximum atomic E-state index is 12.1. The van der Waals surface area contributed by atoms with Crippen LogP contribution >= 0.6 is 46.4 Å². The molecule has 1 aromatic carbocycles. The molecule has 1 unspecified atom stereocenters. The Bertz CT molecular complexity index is 521. The summed E-state index contributed by atoms with van der Waals surface area (Å²) in [6.45, 7) is 0. The summed E-state index contributed by atoms with van der Waals surface area (Å²) in [4.78, 5) is 12.1. The lowest BCUT2D eigenvalue weighted by molar-refractivity contribution is -0.494. The largest absolute Gasteiger partial charge is 0.506 e. The number of hydrogen-bond donors (Lipinski definition) is 1. The van der Waals surface area contributed by atoms with Crippen molar-refractivity contribution in [1.29, 1.82) is 0 Å². The van der Waals surface area contributed by atoms with Crippen LogP contribution in [0.2, 0.25) is 0 Å². The number of fused-ring (bicyclic) bond motifs is 1. The van der Waals surface area contributed by atoms with Gasteiger partial charge in [0.05, 0.1) is 10.3 Å². The highest BCUT2D eigenvalue weighted by molar-refractivity contribution is 6.68. The van der Waals surface area contributed by atoms with Gasteiger partial charge >= 0.3 is 0 Å². The lowest BCUT2D eigenvalue weighted by atomic mass is 10.0. The van der Waals surface area contributed by atoms with Gasteiger partial charge in [0.25, 0.3) is 15.5 Å². The molecule has 1 heterocycles. The molecule has 1 atom stereocenters. The third-order valence-electron chi connectivity index (χ3n) is 2.41. The van der Waals surface area contributed by atoms with Gasteiger partial charge in [-0.1, -0.05) is 58.5 Å². The molecule has 0 radical (unpaired) electrons. The lowest BCUT2D eigenvalue weighted by Gasteiger charge is -2.21. The first-order valence-electron chi connectivity index (χ1n) is 4.55. The van der Waals surface area contributed by atoms with E-state index < -0.39 is 9.83 Å². The summed E-state index contributed by atoms with van der Waals surface area (Å²) in [5, 5.41) is 9.71. The summed E-state index contributed by atoms with van der Waals surface area (Å²) in [6, 6.07) is 5.13. The van der Waals surface area contributed by atoms with E-state index in [2.05, 4.69) is 0 Å². The number of alkyl halides is 3. The highest BCUT2D eigenvalue weighted by Gasteiger charge is 2.53. The van der Waals surface area contributed by atoms with Gasteiger partial charge in [-0.15, -0.1) is 0 Å². The molecule has 0 saturated carbocycles. The van der Waals surface area contributed by atoms with Crippen molar-refractivity contribution >= 4 is 57.9 Å². The maximum Gasteiger partial charge on any atom is 0.293 e. The average Bonchev–Trinajstić information content (AvgIpc) is 2.24. The number of rotatable bonds is 0. The number of benzene rings is 1.